The summed E-state index contributed by atoms with van der Waals surface area (Å²) in [5.74, 6) is 0.0784. The highest BCUT2D eigenvalue weighted by molar-refractivity contribution is 7.11. The van der Waals surface area contributed by atoms with Crippen molar-refractivity contribution in [2.45, 2.75) is 12.8 Å². The van der Waals surface area contributed by atoms with Crippen LogP contribution in [0.25, 0.3) is 0 Å². The number of carbonyl (C=O) groups excluding carboxylic acids is 2. The Hall–Kier alpha value is -1.23. The van der Waals surface area contributed by atoms with E-state index in [-0.39, 0.29) is 18.2 Å². The van der Waals surface area contributed by atoms with Gasteiger partial charge in [0.05, 0.1) is 18.3 Å². The topological polar surface area (TPSA) is 50.3 Å². The van der Waals surface area contributed by atoms with Crippen LogP contribution in [0.2, 0.25) is 0 Å². The fourth-order valence-electron chi connectivity index (χ4n) is 1.49. The average Bonchev–Trinajstić information content (AvgIpc) is 2.69. The Balaban J connectivity index is 2.08. The highest BCUT2D eigenvalue weighted by Gasteiger charge is 2.23. The predicted molar refractivity (Wildman–Crippen MR) is 52.3 cm³/mol. The Bertz CT molecular complexity index is 348. The van der Waals surface area contributed by atoms with Gasteiger partial charge in [-0.1, -0.05) is 0 Å². The van der Waals surface area contributed by atoms with Gasteiger partial charge in [-0.15, -0.1) is 11.3 Å². The summed E-state index contributed by atoms with van der Waals surface area (Å²) in [6, 6.07) is 0. The van der Waals surface area contributed by atoms with E-state index in [1.54, 1.807) is 16.6 Å². The molecule has 0 atom stereocenters. The van der Waals surface area contributed by atoms with Crippen molar-refractivity contribution in [2.75, 3.05) is 13.1 Å². The van der Waals surface area contributed by atoms with Crippen LogP contribution in [0.3, 0.4) is 0 Å². The third-order valence-corrected chi connectivity index (χ3v) is 2.94. The second-order valence-corrected chi connectivity index (χ2v) is 4.12. The van der Waals surface area contributed by atoms with Gasteiger partial charge in [0, 0.05) is 13.0 Å². The average molecular weight is 210 g/mol. The highest BCUT2D eigenvalue weighted by atomic mass is 32.1. The van der Waals surface area contributed by atoms with Crippen LogP contribution in [0, 0.1) is 0 Å². The Kier molecular flexibility index (Phi) is 2.58. The first-order chi connectivity index (χ1) is 6.77. The van der Waals surface area contributed by atoms with Crippen molar-refractivity contribution in [1.29, 1.82) is 0 Å². The van der Waals surface area contributed by atoms with Gasteiger partial charge in [0.2, 0.25) is 0 Å². The van der Waals surface area contributed by atoms with Gasteiger partial charge < -0.3 is 4.90 Å². The smallest absolute Gasteiger partial charge is 0.265 e. The number of rotatable bonds is 1. The summed E-state index contributed by atoms with van der Waals surface area (Å²) >= 11 is 1.31. The second kappa shape index (κ2) is 3.88. The van der Waals surface area contributed by atoms with Crippen LogP contribution in [0.4, 0.5) is 0 Å². The first-order valence-corrected chi connectivity index (χ1v) is 5.35. The number of nitrogens with zero attached hydrogens (tertiary/aromatic N) is 2. The maximum atomic E-state index is 11.8. The third-order valence-electron chi connectivity index (χ3n) is 2.18. The normalized spacial score (nSPS) is 17.1. The quantitative estimate of drug-likeness (QED) is 0.693. The van der Waals surface area contributed by atoms with Crippen molar-refractivity contribution in [3.8, 4) is 0 Å². The third kappa shape index (κ3) is 1.82. The van der Waals surface area contributed by atoms with E-state index in [0.29, 0.717) is 17.8 Å². The minimum absolute atomic E-state index is 0.0689. The molecule has 1 aliphatic heterocycles. The van der Waals surface area contributed by atoms with Crippen molar-refractivity contribution < 1.29 is 9.59 Å². The lowest BCUT2D eigenvalue weighted by molar-refractivity contribution is -0.121. The Morgan fingerprint density at radius 1 is 1.57 bits per heavy atom. The number of likely N-dealkylation sites (tertiary alicyclic amines) is 1. The molecule has 5 heteroatoms. The standard InChI is InChI=1S/C9H10N2O2S/c12-7-2-1-3-11(5-7)9(13)8-4-10-6-14-8/h4,6H,1-3,5H2. The lowest BCUT2D eigenvalue weighted by Gasteiger charge is -2.24. The van der Waals surface area contributed by atoms with Crippen molar-refractivity contribution >= 4 is 23.0 Å². The van der Waals surface area contributed by atoms with Crippen molar-refractivity contribution in [1.82, 2.24) is 9.88 Å². The summed E-state index contributed by atoms with van der Waals surface area (Å²) in [6.07, 6.45) is 2.93. The molecule has 1 aromatic rings. The number of aromatic nitrogens is 1. The number of Topliss-reactive ketones (excluding diaryl/α,β-unsaturated/α-hetero) is 1. The largest absolute Gasteiger partial charge is 0.331 e. The summed E-state index contributed by atoms with van der Waals surface area (Å²) in [5, 5.41) is 0. The molecule has 1 saturated heterocycles. The monoisotopic (exact) mass is 210 g/mol. The van der Waals surface area contributed by atoms with E-state index in [9.17, 15) is 9.59 Å². The molecule has 1 aromatic heterocycles. The fourth-order valence-corrected chi connectivity index (χ4v) is 2.08. The van der Waals surface area contributed by atoms with Gasteiger partial charge in [-0.3, -0.25) is 14.6 Å². The first kappa shape index (κ1) is 9.33. The van der Waals surface area contributed by atoms with Crippen molar-refractivity contribution in [3.63, 3.8) is 0 Å². The van der Waals surface area contributed by atoms with Crippen LogP contribution >= 0.6 is 11.3 Å². The Labute approximate surface area is 85.6 Å². The van der Waals surface area contributed by atoms with Crippen LogP contribution in [0.5, 0.6) is 0 Å². The SMILES string of the molecule is O=C1CCCN(C(=O)c2cncs2)C1. The zero-order valence-electron chi connectivity index (χ0n) is 7.60. The van der Waals surface area contributed by atoms with Gasteiger partial charge in [0.1, 0.15) is 4.88 Å². The molecular weight excluding hydrogens is 200 g/mol. The van der Waals surface area contributed by atoms with Gasteiger partial charge in [0.15, 0.2) is 5.78 Å². The number of piperidine rings is 1. The first-order valence-electron chi connectivity index (χ1n) is 4.47. The summed E-state index contributed by atoms with van der Waals surface area (Å²) < 4.78 is 0. The molecule has 14 heavy (non-hydrogen) atoms. The number of carbonyl (C=O) groups is 2. The van der Waals surface area contributed by atoms with Crippen molar-refractivity contribution in [2.24, 2.45) is 0 Å². The van der Waals surface area contributed by atoms with Crippen LogP contribution in [-0.2, 0) is 4.79 Å². The van der Waals surface area contributed by atoms with Gasteiger partial charge in [-0.2, -0.15) is 0 Å². The van der Waals surface area contributed by atoms with Crippen LogP contribution in [-0.4, -0.2) is 34.7 Å². The minimum Gasteiger partial charge on any atom is -0.331 e. The number of hydrogen-bond acceptors (Lipinski definition) is 4. The number of amides is 1. The Morgan fingerprint density at radius 3 is 3.07 bits per heavy atom. The fraction of sp³-hybridized carbons (Fsp3) is 0.444. The number of ketones is 1. The highest BCUT2D eigenvalue weighted by Crippen LogP contribution is 2.13. The maximum absolute atomic E-state index is 11.8. The van der Waals surface area contributed by atoms with Gasteiger partial charge in [0.25, 0.3) is 5.91 Å². The molecule has 0 bridgehead atoms. The van der Waals surface area contributed by atoms with Crippen LogP contribution in [0.1, 0.15) is 22.5 Å². The van der Waals surface area contributed by atoms with Crippen molar-refractivity contribution in [3.05, 3.63) is 16.6 Å². The zero-order chi connectivity index (χ0) is 9.97. The Morgan fingerprint density at radius 2 is 2.43 bits per heavy atom. The predicted octanol–water partition coefficient (Wildman–Crippen LogP) is 0.948. The molecule has 0 radical (unpaired) electrons. The molecule has 0 saturated carbocycles. The summed E-state index contributed by atoms with van der Waals surface area (Å²) in [4.78, 5) is 28.9. The van der Waals surface area contributed by atoms with Crippen LogP contribution < -0.4 is 0 Å². The van der Waals surface area contributed by atoms with E-state index in [0.717, 1.165) is 6.42 Å². The molecule has 2 heterocycles. The molecule has 1 aliphatic rings. The lowest BCUT2D eigenvalue weighted by atomic mass is 10.1. The second-order valence-electron chi connectivity index (χ2n) is 3.23. The zero-order valence-corrected chi connectivity index (χ0v) is 8.42. The molecule has 0 aliphatic carbocycles. The molecule has 74 valence electrons. The summed E-state index contributed by atoms with van der Waals surface area (Å²) in [6.45, 7) is 0.944. The van der Waals surface area contributed by atoms with E-state index < -0.39 is 0 Å². The number of hydrogen-bond donors (Lipinski definition) is 0. The van der Waals surface area contributed by atoms with Gasteiger partial charge in [-0.25, -0.2) is 0 Å². The van der Waals surface area contributed by atoms with Gasteiger partial charge >= 0.3 is 0 Å². The van der Waals surface area contributed by atoms with E-state index >= 15 is 0 Å². The van der Waals surface area contributed by atoms with Gasteiger partial charge in [-0.05, 0) is 6.42 Å². The molecule has 2 rings (SSSR count). The number of thiazole rings is 1. The summed E-state index contributed by atoms with van der Waals surface area (Å²) in [7, 11) is 0. The molecule has 4 nitrogen and oxygen atoms in total. The maximum Gasteiger partial charge on any atom is 0.265 e. The summed E-state index contributed by atoms with van der Waals surface area (Å²) in [5.41, 5.74) is 1.62. The molecular formula is C9H10N2O2S. The molecule has 0 unspecified atom stereocenters. The van der Waals surface area contributed by atoms with E-state index in [4.69, 9.17) is 0 Å². The lowest BCUT2D eigenvalue weighted by Crippen LogP contribution is -2.39. The van der Waals surface area contributed by atoms with E-state index in [1.807, 2.05) is 0 Å². The van der Waals surface area contributed by atoms with E-state index in [2.05, 4.69) is 4.98 Å². The molecule has 0 N–H and O–H groups in total. The molecule has 1 amide bonds. The molecule has 0 aromatic carbocycles. The minimum atomic E-state index is -0.0689. The molecule has 1 fully saturated rings. The van der Waals surface area contributed by atoms with Crippen LogP contribution in [0.15, 0.2) is 11.7 Å². The van der Waals surface area contributed by atoms with E-state index in [1.165, 1.54) is 11.3 Å². The molecule has 0 spiro atoms.